The van der Waals surface area contributed by atoms with E-state index in [1.165, 1.54) is 0 Å². The van der Waals surface area contributed by atoms with E-state index in [-0.39, 0.29) is 29.4 Å². The molecule has 0 aromatic carbocycles. The van der Waals surface area contributed by atoms with Gasteiger partial charge in [0.25, 0.3) is 0 Å². The summed E-state index contributed by atoms with van der Waals surface area (Å²) >= 11 is 6.21. The number of alkyl halides is 1. The highest BCUT2D eigenvalue weighted by Gasteiger charge is 2.47. The van der Waals surface area contributed by atoms with Crippen LogP contribution >= 0.6 is 11.6 Å². The Hall–Kier alpha value is -0.520. The number of nitrogens with one attached hydrogen (secondary N) is 5. The van der Waals surface area contributed by atoms with Gasteiger partial charge in [-0.05, 0) is 13.0 Å². The first kappa shape index (κ1) is 18.8. The lowest BCUT2D eigenvalue weighted by Crippen LogP contribution is -2.64. The Kier molecular flexibility index (Phi) is 5.96. The fourth-order valence-corrected chi connectivity index (χ4v) is 4.94. The van der Waals surface area contributed by atoms with Crippen molar-refractivity contribution in [2.24, 2.45) is 11.7 Å². The average molecular weight is 387 g/mol. The van der Waals surface area contributed by atoms with Gasteiger partial charge in [0.05, 0.1) is 29.7 Å². The molecule has 4 aliphatic rings. The van der Waals surface area contributed by atoms with Crippen molar-refractivity contribution < 1.29 is 4.79 Å². The fraction of sp³-hybridized carbons (Fsp3) is 0.938. The molecule has 4 fully saturated rings. The van der Waals surface area contributed by atoms with Crippen molar-refractivity contribution in [3.05, 3.63) is 0 Å². The second-order valence-corrected chi connectivity index (χ2v) is 8.36. The van der Waals surface area contributed by atoms with Crippen LogP contribution in [0.25, 0.3) is 0 Å². The van der Waals surface area contributed by atoms with Crippen LogP contribution in [0.3, 0.4) is 0 Å². The summed E-state index contributed by atoms with van der Waals surface area (Å²) in [5, 5.41) is 15.5. The summed E-state index contributed by atoms with van der Waals surface area (Å²) in [5.41, 5.74) is 9.43. The Morgan fingerprint density at radius 1 is 1.15 bits per heavy atom. The minimum absolute atomic E-state index is 0.0202. The van der Waals surface area contributed by atoms with Crippen LogP contribution in [0.5, 0.6) is 0 Å². The molecule has 4 rings (SSSR count). The van der Waals surface area contributed by atoms with Gasteiger partial charge in [-0.2, -0.15) is 0 Å². The van der Waals surface area contributed by atoms with E-state index < -0.39 is 6.17 Å². The van der Waals surface area contributed by atoms with Crippen molar-refractivity contribution in [2.75, 3.05) is 52.4 Å². The third kappa shape index (κ3) is 3.85. The zero-order chi connectivity index (χ0) is 18.1. The van der Waals surface area contributed by atoms with Crippen molar-refractivity contribution in [2.45, 2.75) is 36.2 Å². The Balaban J connectivity index is 1.41. The minimum atomic E-state index is -0.399. The van der Waals surface area contributed by atoms with E-state index in [2.05, 4.69) is 31.6 Å². The number of hydrogen-bond donors (Lipinski definition) is 6. The summed E-state index contributed by atoms with van der Waals surface area (Å²) in [5.74, 6) is -0.309. The van der Waals surface area contributed by atoms with Gasteiger partial charge in [-0.15, -0.1) is 11.6 Å². The van der Waals surface area contributed by atoms with Crippen molar-refractivity contribution in [3.63, 3.8) is 0 Å². The first-order valence-corrected chi connectivity index (χ1v) is 10.2. The van der Waals surface area contributed by atoms with Gasteiger partial charge in [-0.1, -0.05) is 0 Å². The molecule has 0 radical (unpaired) electrons. The quantitative estimate of drug-likeness (QED) is 0.285. The summed E-state index contributed by atoms with van der Waals surface area (Å²) in [6.45, 7) is 7.29. The molecule has 0 aromatic heterocycles. The second-order valence-electron chi connectivity index (χ2n) is 7.74. The van der Waals surface area contributed by atoms with Crippen LogP contribution in [0.4, 0.5) is 0 Å². The van der Waals surface area contributed by atoms with E-state index in [1.54, 1.807) is 0 Å². The molecule has 4 aliphatic heterocycles. The highest BCUT2D eigenvalue weighted by Crippen LogP contribution is 2.23. The third-order valence-electron chi connectivity index (χ3n) is 6.02. The van der Waals surface area contributed by atoms with E-state index in [0.717, 1.165) is 45.7 Å². The van der Waals surface area contributed by atoms with Gasteiger partial charge in [-0.25, -0.2) is 10.4 Å². The molecule has 0 spiro atoms. The molecule has 4 saturated heterocycles. The summed E-state index contributed by atoms with van der Waals surface area (Å²) in [4.78, 5) is 15.6. The summed E-state index contributed by atoms with van der Waals surface area (Å²) in [6.07, 6.45) is 0.555. The third-order valence-corrected chi connectivity index (χ3v) is 6.31. The topological polar surface area (TPSA) is 110 Å². The van der Waals surface area contributed by atoms with Crippen LogP contribution in [0, 0.1) is 5.92 Å². The predicted octanol–water partition coefficient (Wildman–Crippen LogP) is -3.00. The molecule has 9 nitrogen and oxygen atoms in total. The number of rotatable bonds is 3. The smallest absolute Gasteiger partial charge is 0.229 e. The molecule has 148 valence electrons. The average Bonchev–Trinajstić information content (AvgIpc) is 2.97. The number of piperazine rings is 1. The molecule has 6 atom stereocenters. The molecule has 1 amide bonds. The molecule has 10 heteroatoms. The molecule has 0 bridgehead atoms. The number of hydrazine groups is 1. The van der Waals surface area contributed by atoms with Gasteiger partial charge in [-0.3, -0.25) is 15.0 Å². The Bertz CT molecular complexity index is 505. The van der Waals surface area contributed by atoms with Gasteiger partial charge < -0.3 is 21.7 Å². The largest absolute Gasteiger partial charge is 0.350 e. The van der Waals surface area contributed by atoms with Crippen LogP contribution in [0.1, 0.15) is 6.42 Å². The van der Waals surface area contributed by atoms with Gasteiger partial charge >= 0.3 is 0 Å². The number of hydrogen-bond acceptors (Lipinski definition) is 8. The van der Waals surface area contributed by atoms with E-state index >= 15 is 0 Å². The molecule has 26 heavy (non-hydrogen) atoms. The molecular formula is C16H31ClN8O. The lowest BCUT2D eigenvalue weighted by Gasteiger charge is -2.43. The maximum Gasteiger partial charge on any atom is 0.229 e. The van der Waals surface area contributed by atoms with Crippen LogP contribution in [0.2, 0.25) is 0 Å². The monoisotopic (exact) mass is 386 g/mol. The minimum Gasteiger partial charge on any atom is -0.350 e. The summed E-state index contributed by atoms with van der Waals surface area (Å²) < 4.78 is 0. The van der Waals surface area contributed by atoms with E-state index in [4.69, 9.17) is 17.3 Å². The number of fused-ring (bicyclic) bond motifs is 1. The Labute approximate surface area is 159 Å². The van der Waals surface area contributed by atoms with E-state index in [1.807, 2.05) is 5.01 Å². The highest BCUT2D eigenvalue weighted by atomic mass is 35.5. The Morgan fingerprint density at radius 2 is 1.96 bits per heavy atom. The lowest BCUT2D eigenvalue weighted by molar-refractivity contribution is -0.128. The number of nitrogens with two attached hydrogens (primary N) is 1. The van der Waals surface area contributed by atoms with Crippen LogP contribution < -0.4 is 32.4 Å². The zero-order valence-electron chi connectivity index (χ0n) is 15.1. The molecule has 0 aliphatic carbocycles. The maximum absolute atomic E-state index is 13.1. The molecule has 6 unspecified atom stereocenters. The standard InChI is InChI=1S/C16H31ClN8O/c17-10-7-21-15-13(14(18)23-25(15)9-10)16(26)22-11-8-20-2-1-12(11)24-5-3-19-4-6-24/h10-15,19-21,23H,1-9,18H2,(H,22,26). The number of piperidine rings is 1. The highest BCUT2D eigenvalue weighted by molar-refractivity contribution is 6.21. The molecular weight excluding hydrogens is 356 g/mol. The molecule has 4 heterocycles. The first-order chi connectivity index (χ1) is 12.6. The summed E-state index contributed by atoms with van der Waals surface area (Å²) in [7, 11) is 0. The zero-order valence-corrected chi connectivity index (χ0v) is 15.8. The Morgan fingerprint density at radius 3 is 2.77 bits per heavy atom. The van der Waals surface area contributed by atoms with Crippen molar-refractivity contribution in [1.82, 2.24) is 36.6 Å². The predicted molar refractivity (Wildman–Crippen MR) is 100 cm³/mol. The number of nitrogens with zero attached hydrogens (tertiary/aromatic N) is 2. The van der Waals surface area contributed by atoms with Crippen molar-refractivity contribution in [3.8, 4) is 0 Å². The van der Waals surface area contributed by atoms with Gasteiger partial charge in [0.15, 0.2) is 0 Å². The van der Waals surface area contributed by atoms with Gasteiger partial charge in [0.2, 0.25) is 5.91 Å². The molecule has 0 saturated carbocycles. The van der Waals surface area contributed by atoms with E-state index in [9.17, 15) is 4.79 Å². The number of amides is 1. The first-order valence-electron chi connectivity index (χ1n) is 9.75. The molecule has 7 N–H and O–H groups in total. The lowest BCUT2D eigenvalue weighted by atomic mass is 9.96. The second kappa shape index (κ2) is 8.24. The van der Waals surface area contributed by atoms with Crippen molar-refractivity contribution >= 4 is 17.5 Å². The number of carbonyl (C=O) groups excluding carboxylic acids is 1. The number of halogens is 1. The van der Waals surface area contributed by atoms with Crippen LogP contribution in [-0.2, 0) is 4.79 Å². The van der Waals surface area contributed by atoms with Gasteiger partial charge in [0.1, 0.15) is 0 Å². The van der Waals surface area contributed by atoms with Gasteiger partial charge in [0, 0.05) is 51.9 Å². The summed E-state index contributed by atoms with van der Waals surface area (Å²) in [6, 6.07) is 0.496. The molecule has 0 aromatic rings. The van der Waals surface area contributed by atoms with Crippen LogP contribution in [0.15, 0.2) is 0 Å². The SMILES string of the molecule is NC1NN2CC(Cl)CNC2C1C(=O)NC1CNCCC1N1CCNCC1. The maximum atomic E-state index is 13.1. The fourth-order valence-electron chi connectivity index (χ4n) is 4.70. The van der Waals surface area contributed by atoms with E-state index in [0.29, 0.717) is 19.1 Å². The van der Waals surface area contributed by atoms with Crippen LogP contribution in [-0.4, -0.2) is 98.0 Å². The van der Waals surface area contributed by atoms with Crippen molar-refractivity contribution in [1.29, 1.82) is 0 Å². The number of carbonyl (C=O) groups is 1. The normalized spacial score (nSPS) is 42.4.